The summed E-state index contributed by atoms with van der Waals surface area (Å²) in [5.41, 5.74) is 0.682. The zero-order valence-corrected chi connectivity index (χ0v) is 12.1. The van der Waals surface area contributed by atoms with Crippen LogP contribution in [-0.4, -0.2) is 9.97 Å². The maximum absolute atomic E-state index is 13.4. The first-order chi connectivity index (χ1) is 8.06. The van der Waals surface area contributed by atoms with Crippen molar-refractivity contribution in [1.82, 2.24) is 9.97 Å². The van der Waals surface area contributed by atoms with Gasteiger partial charge in [-0.05, 0) is 45.7 Å². The van der Waals surface area contributed by atoms with Gasteiger partial charge in [0.1, 0.15) is 0 Å². The van der Waals surface area contributed by atoms with Crippen LogP contribution in [0.15, 0.2) is 33.3 Å². The van der Waals surface area contributed by atoms with Crippen molar-refractivity contribution in [3.63, 3.8) is 0 Å². The second-order valence-electron chi connectivity index (χ2n) is 3.08. The number of anilines is 2. The number of nitrogens with zero attached hydrogens (tertiary/aromatic N) is 2. The molecule has 88 valence electrons. The molecule has 2 rings (SSSR count). The van der Waals surface area contributed by atoms with Gasteiger partial charge < -0.3 is 5.32 Å². The maximum Gasteiger partial charge on any atom is 0.224 e. The third kappa shape index (κ3) is 3.14. The molecule has 0 radical (unpaired) electrons. The Hall–Kier alpha value is -0.720. The fourth-order valence-corrected chi connectivity index (χ4v) is 2.43. The van der Waals surface area contributed by atoms with Crippen LogP contribution in [0.1, 0.15) is 0 Å². The van der Waals surface area contributed by atoms with Crippen molar-refractivity contribution in [3.8, 4) is 0 Å². The van der Waals surface area contributed by atoms with Crippen molar-refractivity contribution in [1.29, 1.82) is 0 Å². The van der Waals surface area contributed by atoms with Crippen molar-refractivity contribution < 1.29 is 4.39 Å². The van der Waals surface area contributed by atoms with Crippen LogP contribution in [0.3, 0.4) is 0 Å². The van der Waals surface area contributed by atoms with Gasteiger partial charge in [-0.25, -0.2) is 9.37 Å². The zero-order valence-electron chi connectivity index (χ0n) is 8.22. The third-order valence-electron chi connectivity index (χ3n) is 1.90. The van der Waals surface area contributed by atoms with Crippen molar-refractivity contribution in [3.05, 3.63) is 44.4 Å². The molecule has 0 bridgehead atoms. The number of nitrogens with one attached hydrogen (secondary N) is 1. The summed E-state index contributed by atoms with van der Waals surface area (Å²) in [6.07, 6.45) is 1.02. The minimum atomic E-state index is -0.566. The topological polar surface area (TPSA) is 37.8 Å². The van der Waals surface area contributed by atoms with Gasteiger partial charge in [-0.15, -0.1) is 0 Å². The second kappa shape index (κ2) is 5.29. The monoisotopic (exact) mass is 379 g/mol. The van der Waals surface area contributed by atoms with Crippen LogP contribution in [0.25, 0.3) is 0 Å². The van der Waals surface area contributed by atoms with Gasteiger partial charge in [0.05, 0.1) is 11.9 Å². The molecule has 0 aliphatic heterocycles. The molecule has 1 aromatic heterocycles. The molecule has 0 aliphatic carbocycles. The minimum absolute atomic E-state index is 0.0119. The molecule has 17 heavy (non-hydrogen) atoms. The van der Waals surface area contributed by atoms with Crippen LogP contribution in [-0.2, 0) is 0 Å². The lowest BCUT2D eigenvalue weighted by Gasteiger charge is -2.08. The predicted molar refractivity (Wildman–Crippen MR) is 72.1 cm³/mol. The summed E-state index contributed by atoms with van der Waals surface area (Å²) in [4.78, 5) is 7.30. The molecular weight excluding hydrogens is 376 g/mol. The van der Waals surface area contributed by atoms with E-state index in [9.17, 15) is 4.39 Å². The Balaban J connectivity index is 2.34. The van der Waals surface area contributed by atoms with Crippen molar-refractivity contribution in [2.45, 2.75) is 0 Å². The first kappa shape index (κ1) is 12.7. The van der Waals surface area contributed by atoms with Crippen LogP contribution in [0.4, 0.5) is 15.9 Å². The smallest absolute Gasteiger partial charge is 0.224 e. The maximum atomic E-state index is 13.4. The van der Waals surface area contributed by atoms with E-state index in [4.69, 9.17) is 11.6 Å². The Bertz CT molecular complexity index is 565. The first-order valence-corrected chi connectivity index (χ1v) is 6.43. The van der Waals surface area contributed by atoms with Gasteiger partial charge in [-0.3, -0.25) is 0 Å². The van der Waals surface area contributed by atoms with Gasteiger partial charge in [0.25, 0.3) is 0 Å². The molecule has 0 unspecified atom stereocenters. The van der Waals surface area contributed by atoms with Crippen molar-refractivity contribution in [2.24, 2.45) is 0 Å². The molecule has 0 amide bonds. The van der Waals surface area contributed by atoms with Crippen LogP contribution < -0.4 is 5.32 Å². The van der Waals surface area contributed by atoms with Crippen LogP contribution >= 0.6 is 43.5 Å². The van der Waals surface area contributed by atoms with E-state index in [2.05, 4.69) is 47.1 Å². The summed E-state index contributed by atoms with van der Waals surface area (Å²) in [6, 6.07) is 5.44. The fourth-order valence-electron chi connectivity index (χ4n) is 1.15. The molecule has 7 heteroatoms. The average molecular weight is 381 g/mol. The number of benzene rings is 1. The number of aromatic nitrogens is 2. The van der Waals surface area contributed by atoms with E-state index in [-0.39, 0.29) is 11.1 Å². The van der Waals surface area contributed by atoms with E-state index in [1.54, 1.807) is 6.07 Å². The molecule has 0 fully saturated rings. The van der Waals surface area contributed by atoms with Gasteiger partial charge in [0.15, 0.2) is 11.6 Å². The van der Waals surface area contributed by atoms with E-state index in [1.165, 1.54) is 0 Å². The molecule has 0 aliphatic rings. The lowest BCUT2D eigenvalue weighted by molar-refractivity contribution is 0.619. The Morgan fingerprint density at radius 3 is 2.76 bits per heavy atom. The standard InChI is InChI=1S/C10H5Br2ClFN3/c11-5-1-2-8(6(12)3-5)16-9-7(14)4-15-10(13)17-9/h1-4H,(H,15,16,17). The Kier molecular flexibility index (Phi) is 3.96. The van der Waals surface area contributed by atoms with E-state index in [0.29, 0.717) is 5.69 Å². The summed E-state index contributed by atoms with van der Waals surface area (Å²) in [5, 5.41) is 2.82. The second-order valence-corrected chi connectivity index (χ2v) is 5.19. The lowest BCUT2D eigenvalue weighted by Crippen LogP contribution is -1.99. The average Bonchev–Trinajstić information content (AvgIpc) is 2.27. The minimum Gasteiger partial charge on any atom is -0.337 e. The Morgan fingerprint density at radius 1 is 1.29 bits per heavy atom. The fraction of sp³-hybridized carbons (Fsp3) is 0. The van der Waals surface area contributed by atoms with Gasteiger partial charge in [0.2, 0.25) is 5.28 Å². The summed E-state index contributed by atoms with van der Waals surface area (Å²) in [6.45, 7) is 0. The normalized spacial score (nSPS) is 10.4. The van der Waals surface area contributed by atoms with Crippen LogP contribution in [0, 0.1) is 5.82 Å². The van der Waals surface area contributed by atoms with E-state index < -0.39 is 5.82 Å². The van der Waals surface area contributed by atoms with E-state index in [1.807, 2.05) is 12.1 Å². The highest BCUT2D eigenvalue weighted by atomic mass is 79.9. The molecule has 2 aromatic rings. The molecule has 0 spiro atoms. The molecule has 1 aromatic carbocycles. The molecule has 0 saturated carbocycles. The number of halogens is 4. The highest BCUT2D eigenvalue weighted by Crippen LogP contribution is 2.29. The van der Waals surface area contributed by atoms with E-state index in [0.717, 1.165) is 15.1 Å². The summed E-state index contributed by atoms with van der Waals surface area (Å²) in [7, 11) is 0. The molecule has 1 heterocycles. The predicted octanol–water partition coefficient (Wildman–Crippen LogP) is 4.54. The number of hydrogen-bond acceptors (Lipinski definition) is 3. The van der Waals surface area contributed by atoms with Gasteiger partial charge in [-0.2, -0.15) is 4.98 Å². The highest BCUT2D eigenvalue weighted by molar-refractivity contribution is 9.11. The molecule has 3 nitrogen and oxygen atoms in total. The molecular formula is C10H5Br2ClFN3. The Labute approximate surface area is 119 Å². The zero-order chi connectivity index (χ0) is 12.4. The summed E-state index contributed by atoms with van der Waals surface area (Å²) >= 11 is 12.3. The highest BCUT2D eigenvalue weighted by Gasteiger charge is 2.08. The SMILES string of the molecule is Fc1cnc(Cl)nc1Nc1ccc(Br)cc1Br. The van der Waals surface area contributed by atoms with E-state index >= 15 is 0 Å². The lowest BCUT2D eigenvalue weighted by atomic mass is 10.3. The van der Waals surface area contributed by atoms with Crippen LogP contribution in [0.5, 0.6) is 0 Å². The molecule has 0 atom stereocenters. The van der Waals surface area contributed by atoms with Gasteiger partial charge in [0, 0.05) is 8.95 Å². The van der Waals surface area contributed by atoms with Crippen molar-refractivity contribution in [2.75, 3.05) is 5.32 Å². The van der Waals surface area contributed by atoms with Gasteiger partial charge in [-0.1, -0.05) is 15.9 Å². The first-order valence-electron chi connectivity index (χ1n) is 4.46. The molecule has 0 saturated heterocycles. The summed E-state index contributed by atoms with van der Waals surface area (Å²) in [5.74, 6) is -0.530. The third-order valence-corrected chi connectivity index (χ3v) is 3.23. The summed E-state index contributed by atoms with van der Waals surface area (Å²) < 4.78 is 15.1. The van der Waals surface area contributed by atoms with Crippen LogP contribution in [0.2, 0.25) is 5.28 Å². The number of hydrogen-bond donors (Lipinski definition) is 1. The van der Waals surface area contributed by atoms with Gasteiger partial charge >= 0.3 is 0 Å². The number of rotatable bonds is 2. The molecule has 1 N–H and O–H groups in total. The largest absolute Gasteiger partial charge is 0.337 e. The Morgan fingerprint density at radius 2 is 2.06 bits per heavy atom. The quantitative estimate of drug-likeness (QED) is 0.777. The van der Waals surface area contributed by atoms with Crippen molar-refractivity contribution >= 4 is 55.0 Å².